The summed E-state index contributed by atoms with van der Waals surface area (Å²) in [7, 11) is 0. The SMILES string of the molecule is CCC(=O)NC1CCN(c2ccc(N=CC3C(=O)Nc4ccc(F)cc43)cc2F)C1. The quantitative estimate of drug-likeness (QED) is 0.738. The van der Waals surface area contributed by atoms with Crippen molar-refractivity contribution in [3.8, 4) is 0 Å². The van der Waals surface area contributed by atoms with E-state index in [-0.39, 0.29) is 17.9 Å². The standard InChI is InChI=1S/C22H22F2N4O2/c1-2-21(29)26-15-7-8-28(12-15)20-6-4-14(10-18(20)24)25-11-17-16-9-13(23)3-5-19(16)27-22(17)30/h3-6,9-11,15,17H,2,7-8,12H2,1H3,(H,26,29)(H,27,30). The number of halogens is 2. The molecular weight excluding hydrogens is 390 g/mol. The fourth-order valence-corrected chi connectivity index (χ4v) is 3.82. The Labute approximate surface area is 173 Å². The van der Waals surface area contributed by atoms with Gasteiger partial charge < -0.3 is 15.5 Å². The van der Waals surface area contributed by atoms with Gasteiger partial charge in [0.25, 0.3) is 0 Å². The summed E-state index contributed by atoms with van der Waals surface area (Å²) in [6, 6.07) is 8.73. The summed E-state index contributed by atoms with van der Waals surface area (Å²) in [5.74, 6) is -1.88. The maximum absolute atomic E-state index is 14.7. The number of nitrogens with one attached hydrogen (secondary N) is 2. The first-order valence-electron chi connectivity index (χ1n) is 9.93. The molecule has 2 aromatic carbocycles. The Balaban J connectivity index is 1.46. The van der Waals surface area contributed by atoms with E-state index >= 15 is 0 Å². The number of amides is 2. The smallest absolute Gasteiger partial charge is 0.237 e. The summed E-state index contributed by atoms with van der Waals surface area (Å²) in [6.07, 6.45) is 2.59. The Morgan fingerprint density at radius 1 is 1.30 bits per heavy atom. The van der Waals surface area contributed by atoms with Crippen LogP contribution in [0.5, 0.6) is 0 Å². The number of anilines is 2. The van der Waals surface area contributed by atoms with E-state index in [1.807, 2.05) is 4.90 Å². The highest BCUT2D eigenvalue weighted by molar-refractivity contribution is 6.12. The largest absolute Gasteiger partial charge is 0.367 e. The number of benzene rings is 2. The molecule has 2 unspecified atom stereocenters. The van der Waals surface area contributed by atoms with Crippen LogP contribution in [0.3, 0.4) is 0 Å². The van der Waals surface area contributed by atoms with Crippen molar-refractivity contribution < 1.29 is 18.4 Å². The molecule has 156 valence electrons. The van der Waals surface area contributed by atoms with Crippen molar-refractivity contribution in [3.05, 3.63) is 53.6 Å². The van der Waals surface area contributed by atoms with Gasteiger partial charge in [0, 0.05) is 43.5 Å². The molecule has 0 bridgehead atoms. The van der Waals surface area contributed by atoms with E-state index in [4.69, 9.17) is 0 Å². The molecule has 1 fully saturated rings. The summed E-state index contributed by atoms with van der Waals surface area (Å²) < 4.78 is 28.2. The van der Waals surface area contributed by atoms with Crippen LogP contribution in [-0.2, 0) is 9.59 Å². The number of fused-ring (bicyclic) bond motifs is 1. The summed E-state index contributed by atoms with van der Waals surface area (Å²) in [5.41, 5.74) is 1.88. The van der Waals surface area contributed by atoms with E-state index < -0.39 is 17.6 Å². The van der Waals surface area contributed by atoms with E-state index in [2.05, 4.69) is 15.6 Å². The predicted molar refractivity (Wildman–Crippen MR) is 111 cm³/mol. The lowest BCUT2D eigenvalue weighted by atomic mass is 10.0. The first-order valence-corrected chi connectivity index (χ1v) is 9.93. The highest BCUT2D eigenvalue weighted by atomic mass is 19.1. The average Bonchev–Trinajstić information content (AvgIpc) is 3.30. The molecule has 2 amide bonds. The molecule has 4 rings (SSSR count). The third-order valence-corrected chi connectivity index (χ3v) is 5.41. The van der Waals surface area contributed by atoms with Crippen LogP contribution in [-0.4, -0.2) is 37.2 Å². The minimum Gasteiger partial charge on any atom is -0.367 e. The van der Waals surface area contributed by atoms with Gasteiger partial charge in [-0.1, -0.05) is 6.92 Å². The summed E-state index contributed by atoms with van der Waals surface area (Å²) in [5, 5.41) is 5.62. The zero-order valence-corrected chi connectivity index (χ0v) is 16.5. The Bertz CT molecular complexity index is 1020. The van der Waals surface area contributed by atoms with Crippen molar-refractivity contribution in [2.45, 2.75) is 31.7 Å². The summed E-state index contributed by atoms with van der Waals surface area (Å²) >= 11 is 0. The van der Waals surface area contributed by atoms with Crippen molar-refractivity contribution in [1.29, 1.82) is 0 Å². The third kappa shape index (κ3) is 4.03. The molecule has 0 aliphatic carbocycles. The van der Waals surface area contributed by atoms with Crippen molar-refractivity contribution in [2.24, 2.45) is 4.99 Å². The van der Waals surface area contributed by atoms with E-state index in [9.17, 15) is 18.4 Å². The number of carbonyl (C=O) groups is 2. The van der Waals surface area contributed by atoms with E-state index in [1.165, 1.54) is 30.5 Å². The second kappa shape index (κ2) is 8.22. The fourth-order valence-electron chi connectivity index (χ4n) is 3.82. The van der Waals surface area contributed by atoms with Crippen LogP contribution in [0.1, 0.15) is 31.2 Å². The van der Waals surface area contributed by atoms with E-state index in [1.54, 1.807) is 19.1 Å². The van der Waals surface area contributed by atoms with Crippen molar-refractivity contribution in [3.63, 3.8) is 0 Å². The van der Waals surface area contributed by atoms with Gasteiger partial charge in [0.05, 0.1) is 11.4 Å². The van der Waals surface area contributed by atoms with Crippen LogP contribution in [0.15, 0.2) is 41.4 Å². The zero-order chi connectivity index (χ0) is 21.3. The second-order valence-corrected chi connectivity index (χ2v) is 7.47. The number of rotatable bonds is 5. The second-order valence-electron chi connectivity index (χ2n) is 7.47. The Hall–Kier alpha value is -3.29. The van der Waals surface area contributed by atoms with Gasteiger partial charge in [0.15, 0.2) is 0 Å². The fraction of sp³-hybridized carbons (Fsp3) is 0.318. The lowest BCUT2D eigenvalue weighted by Gasteiger charge is -2.20. The summed E-state index contributed by atoms with van der Waals surface area (Å²) in [6.45, 7) is 3.00. The average molecular weight is 412 g/mol. The van der Waals surface area contributed by atoms with Crippen LogP contribution in [0.2, 0.25) is 0 Å². The highest BCUT2D eigenvalue weighted by Gasteiger charge is 2.29. The lowest BCUT2D eigenvalue weighted by molar-refractivity contribution is -0.121. The highest BCUT2D eigenvalue weighted by Crippen LogP contribution is 2.33. The first kappa shape index (κ1) is 20.0. The number of hydrogen-bond acceptors (Lipinski definition) is 4. The monoisotopic (exact) mass is 412 g/mol. The maximum atomic E-state index is 14.7. The van der Waals surface area contributed by atoms with Crippen molar-refractivity contribution in [1.82, 2.24) is 5.32 Å². The number of nitrogens with zero attached hydrogens (tertiary/aromatic N) is 2. The van der Waals surface area contributed by atoms with Crippen LogP contribution in [0, 0.1) is 11.6 Å². The molecule has 2 atom stereocenters. The van der Waals surface area contributed by atoms with Crippen molar-refractivity contribution in [2.75, 3.05) is 23.3 Å². The first-order chi connectivity index (χ1) is 14.4. The van der Waals surface area contributed by atoms with Gasteiger partial charge in [-0.3, -0.25) is 14.6 Å². The molecule has 0 spiro atoms. The number of carbonyl (C=O) groups excluding carboxylic acids is 2. The van der Waals surface area contributed by atoms with Gasteiger partial charge in [-0.25, -0.2) is 8.78 Å². The van der Waals surface area contributed by atoms with E-state index in [0.717, 1.165) is 6.42 Å². The molecule has 30 heavy (non-hydrogen) atoms. The number of aliphatic imine (C=N–C) groups is 1. The van der Waals surface area contributed by atoms with Gasteiger partial charge in [-0.15, -0.1) is 0 Å². The number of hydrogen-bond donors (Lipinski definition) is 2. The minimum absolute atomic E-state index is 0.00980. The lowest BCUT2D eigenvalue weighted by Crippen LogP contribution is -2.36. The van der Waals surface area contributed by atoms with Crippen LogP contribution < -0.4 is 15.5 Å². The normalized spacial score (nSPS) is 20.5. The topological polar surface area (TPSA) is 73.8 Å². The van der Waals surface area contributed by atoms with Crippen LogP contribution in [0.25, 0.3) is 0 Å². The predicted octanol–water partition coefficient (Wildman–Crippen LogP) is 3.51. The van der Waals surface area contributed by atoms with Crippen LogP contribution >= 0.6 is 0 Å². The molecule has 0 aromatic heterocycles. The van der Waals surface area contributed by atoms with Gasteiger partial charge >= 0.3 is 0 Å². The Morgan fingerprint density at radius 2 is 2.13 bits per heavy atom. The summed E-state index contributed by atoms with van der Waals surface area (Å²) in [4.78, 5) is 29.8. The van der Waals surface area contributed by atoms with Gasteiger partial charge in [0.2, 0.25) is 11.8 Å². The molecule has 2 heterocycles. The molecule has 2 N–H and O–H groups in total. The molecule has 2 aromatic rings. The van der Waals surface area contributed by atoms with Gasteiger partial charge in [-0.05, 0) is 42.3 Å². The molecule has 1 saturated heterocycles. The van der Waals surface area contributed by atoms with Crippen LogP contribution in [0.4, 0.5) is 25.8 Å². The van der Waals surface area contributed by atoms with Gasteiger partial charge in [0.1, 0.15) is 17.6 Å². The molecule has 0 saturated carbocycles. The molecule has 8 heteroatoms. The van der Waals surface area contributed by atoms with Crippen molar-refractivity contribution >= 4 is 35.1 Å². The molecular formula is C22H22F2N4O2. The molecule has 0 radical (unpaired) electrons. The molecule has 2 aliphatic rings. The van der Waals surface area contributed by atoms with Gasteiger partial charge in [-0.2, -0.15) is 0 Å². The Morgan fingerprint density at radius 3 is 2.90 bits per heavy atom. The van der Waals surface area contributed by atoms with E-state index in [0.29, 0.717) is 42.1 Å². The molecule has 2 aliphatic heterocycles. The molecule has 6 nitrogen and oxygen atoms in total. The Kier molecular flexibility index (Phi) is 5.48. The minimum atomic E-state index is -0.722. The maximum Gasteiger partial charge on any atom is 0.237 e. The zero-order valence-electron chi connectivity index (χ0n) is 16.5. The third-order valence-electron chi connectivity index (χ3n) is 5.41.